The Balaban J connectivity index is 1.90. The lowest BCUT2D eigenvalue weighted by molar-refractivity contribution is 0.0693. The fraction of sp³-hybridized carbons (Fsp3) is 0.333. The molecule has 21 heavy (non-hydrogen) atoms. The summed E-state index contributed by atoms with van der Waals surface area (Å²) in [5, 5.41) is 14.0. The van der Waals surface area contributed by atoms with E-state index in [1.807, 2.05) is 0 Å². The van der Waals surface area contributed by atoms with Crippen molar-refractivity contribution >= 4 is 17.7 Å². The van der Waals surface area contributed by atoms with Crippen LogP contribution in [0.5, 0.6) is 0 Å². The van der Waals surface area contributed by atoms with Crippen molar-refractivity contribution in [3.05, 3.63) is 41.2 Å². The molecule has 0 bridgehead atoms. The zero-order chi connectivity index (χ0) is 15.2. The van der Waals surface area contributed by atoms with Gasteiger partial charge in [-0.05, 0) is 37.8 Å². The number of urea groups is 1. The van der Waals surface area contributed by atoms with Gasteiger partial charge in [0.05, 0.1) is 5.69 Å². The van der Waals surface area contributed by atoms with E-state index in [2.05, 4.69) is 16.7 Å². The average molecular weight is 292 g/mol. The monoisotopic (exact) mass is 292 g/mol. The molecule has 6 heteroatoms. The van der Waals surface area contributed by atoms with Crippen LogP contribution in [0.15, 0.2) is 29.8 Å². The second-order valence-electron chi connectivity index (χ2n) is 4.85. The van der Waals surface area contributed by atoms with Crippen LogP contribution in [0.2, 0.25) is 0 Å². The highest BCUT2D eigenvalue weighted by atomic mass is 19.1. The molecule has 0 aliphatic heterocycles. The van der Waals surface area contributed by atoms with Crippen LogP contribution in [-0.4, -0.2) is 23.7 Å². The van der Waals surface area contributed by atoms with Crippen LogP contribution in [0.4, 0.5) is 14.9 Å². The van der Waals surface area contributed by atoms with Crippen LogP contribution in [0, 0.1) is 5.82 Å². The number of aromatic carboxylic acids is 1. The van der Waals surface area contributed by atoms with E-state index in [9.17, 15) is 14.0 Å². The van der Waals surface area contributed by atoms with Gasteiger partial charge >= 0.3 is 12.0 Å². The number of hydrogen-bond donors (Lipinski definition) is 3. The van der Waals surface area contributed by atoms with Gasteiger partial charge in [-0.2, -0.15) is 0 Å². The molecule has 5 nitrogen and oxygen atoms in total. The van der Waals surface area contributed by atoms with Gasteiger partial charge in [-0.3, -0.25) is 0 Å². The lowest BCUT2D eigenvalue weighted by Gasteiger charge is -2.10. The third-order valence-electron chi connectivity index (χ3n) is 3.34. The predicted molar refractivity (Wildman–Crippen MR) is 76.9 cm³/mol. The number of carboxylic acid groups (broad SMARTS) is 1. The molecule has 0 spiro atoms. The number of amides is 2. The highest BCUT2D eigenvalue weighted by molar-refractivity contribution is 6.00. The summed E-state index contributed by atoms with van der Waals surface area (Å²) in [6.07, 6.45) is 6.27. The van der Waals surface area contributed by atoms with Gasteiger partial charge in [0.2, 0.25) is 0 Å². The third kappa shape index (κ3) is 4.05. The van der Waals surface area contributed by atoms with Crippen molar-refractivity contribution in [3.8, 4) is 0 Å². The lowest BCUT2D eigenvalue weighted by Crippen LogP contribution is -2.30. The minimum Gasteiger partial charge on any atom is -0.478 e. The van der Waals surface area contributed by atoms with Crippen LogP contribution >= 0.6 is 0 Å². The zero-order valence-electron chi connectivity index (χ0n) is 11.5. The first kappa shape index (κ1) is 15.0. The van der Waals surface area contributed by atoms with E-state index in [1.165, 1.54) is 17.7 Å². The maximum Gasteiger partial charge on any atom is 0.340 e. The summed E-state index contributed by atoms with van der Waals surface area (Å²) in [5.41, 5.74) is 0.735. The first-order valence-electron chi connectivity index (χ1n) is 6.82. The molecule has 112 valence electrons. The van der Waals surface area contributed by atoms with Crippen molar-refractivity contribution in [2.24, 2.45) is 0 Å². The Kier molecular flexibility index (Phi) is 4.92. The Morgan fingerprint density at radius 2 is 2.14 bits per heavy atom. The quantitative estimate of drug-likeness (QED) is 0.729. The van der Waals surface area contributed by atoms with Crippen LogP contribution in [0.1, 0.15) is 36.0 Å². The van der Waals surface area contributed by atoms with Gasteiger partial charge in [-0.15, -0.1) is 0 Å². The zero-order valence-corrected chi connectivity index (χ0v) is 11.5. The Morgan fingerprint density at radius 3 is 2.81 bits per heavy atom. The Bertz CT molecular complexity index is 584. The summed E-state index contributed by atoms with van der Waals surface area (Å²) in [5.74, 6) is -2.30. The highest BCUT2D eigenvalue weighted by Crippen LogP contribution is 2.20. The number of allylic oxidation sites excluding steroid dienone is 1. The van der Waals surface area contributed by atoms with Gasteiger partial charge in [-0.1, -0.05) is 17.7 Å². The van der Waals surface area contributed by atoms with Crippen molar-refractivity contribution in [2.45, 2.75) is 25.7 Å². The number of halogens is 1. The summed E-state index contributed by atoms with van der Waals surface area (Å²) >= 11 is 0. The maximum atomic E-state index is 13.4. The van der Waals surface area contributed by atoms with Gasteiger partial charge < -0.3 is 15.7 Å². The molecule has 2 rings (SSSR count). The third-order valence-corrected chi connectivity index (χ3v) is 3.34. The van der Waals surface area contributed by atoms with Crippen molar-refractivity contribution in [2.75, 3.05) is 11.9 Å². The van der Waals surface area contributed by atoms with E-state index in [1.54, 1.807) is 0 Å². The number of benzene rings is 1. The molecule has 1 aliphatic rings. The molecule has 1 aromatic carbocycles. The van der Waals surface area contributed by atoms with Crippen molar-refractivity contribution in [1.82, 2.24) is 5.32 Å². The number of anilines is 1. The molecule has 0 unspecified atom stereocenters. The van der Waals surface area contributed by atoms with E-state index < -0.39 is 23.4 Å². The average Bonchev–Trinajstić information content (AvgIpc) is 2.91. The summed E-state index contributed by atoms with van der Waals surface area (Å²) in [6, 6.07) is 3.20. The summed E-state index contributed by atoms with van der Waals surface area (Å²) in [7, 11) is 0. The SMILES string of the molecule is O=C(NCCC1=CCCC1)Nc1cccc(F)c1C(=O)O. The molecule has 0 atom stereocenters. The first-order valence-corrected chi connectivity index (χ1v) is 6.82. The van der Waals surface area contributed by atoms with Gasteiger partial charge in [0.15, 0.2) is 0 Å². The molecule has 0 saturated carbocycles. The normalized spacial score (nSPS) is 13.7. The fourth-order valence-electron chi connectivity index (χ4n) is 2.31. The van der Waals surface area contributed by atoms with Crippen molar-refractivity contribution < 1.29 is 19.1 Å². The van der Waals surface area contributed by atoms with Gasteiger partial charge in [0.25, 0.3) is 0 Å². The standard InChI is InChI=1S/C15H17FN2O3/c16-11-6-3-7-12(13(11)14(19)20)18-15(21)17-9-8-10-4-1-2-5-10/h3-4,6-7H,1-2,5,8-9H2,(H,19,20)(H2,17,18,21). The minimum absolute atomic E-state index is 0.0555. The molecule has 0 radical (unpaired) electrons. The fourth-order valence-corrected chi connectivity index (χ4v) is 2.31. The van der Waals surface area contributed by atoms with Crippen molar-refractivity contribution in [1.29, 1.82) is 0 Å². The molecule has 0 saturated heterocycles. The number of carboxylic acids is 1. The topological polar surface area (TPSA) is 78.4 Å². The largest absolute Gasteiger partial charge is 0.478 e. The van der Waals surface area contributed by atoms with Gasteiger partial charge in [-0.25, -0.2) is 14.0 Å². The van der Waals surface area contributed by atoms with E-state index in [0.717, 1.165) is 31.7 Å². The number of nitrogens with one attached hydrogen (secondary N) is 2. The van der Waals surface area contributed by atoms with E-state index in [4.69, 9.17) is 5.11 Å². The van der Waals surface area contributed by atoms with Crippen LogP contribution in [-0.2, 0) is 0 Å². The number of rotatable bonds is 5. The molecular formula is C15H17FN2O3. The first-order chi connectivity index (χ1) is 10.1. The smallest absolute Gasteiger partial charge is 0.340 e. The van der Waals surface area contributed by atoms with E-state index in [-0.39, 0.29) is 5.69 Å². The Morgan fingerprint density at radius 1 is 1.33 bits per heavy atom. The minimum atomic E-state index is -1.42. The highest BCUT2D eigenvalue weighted by Gasteiger charge is 2.17. The van der Waals surface area contributed by atoms with E-state index >= 15 is 0 Å². The number of hydrogen-bond acceptors (Lipinski definition) is 2. The van der Waals surface area contributed by atoms with Crippen molar-refractivity contribution in [3.63, 3.8) is 0 Å². The molecule has 0 fully saturated rings. The van der Waals surface area contributed by atoms with Crippen LogP contribution in [0.3, 0.4) is 0 Å². The lowest BCUT2D eigenvalue weighted by atomic mass is 10.1. The molecule has 1 aromatic rings. The van der Waals surface area contributed by atoms with Crippen LogP contribution < -0.4 is 10.6 Å². The Hall–Kier alpha value is -2.37. The maximum absolute atomic E-state index is 13.4. The predicted octanol–water partition coefficient (Wildman–Crippen LogP) is 3.15. The summed E-state index contributed by atoms with van der Waals surface area (Å²) in [4.78, 5) is 22.7. The van der Waals surface area contributed by atoms with Gasteiger partial charge in [0.1, 0.15) is 11.4 Å². The molecular weight excluding hydrogens is 275 g/mol. The molecule has 0 heterocycles. The molecule has 0 aromatic heterocycles. The molecule has 1 aliphatic carbocycles. The van der Waals surface area contributed by atoms with E-state index in [0.29, 0.717) is 6.54 Å². The molecule has 2 amide bonds. The Labute approximate surface area is 121 Å². The summed E-state index contributed by atoms with van der Waals surface area (Å²) in [6.45, 7) is 0.468. The number of carbonyl (C=O) groups is 2. The van der Waals surface area contributed by atoms with Crippen LogP contribution in [0.25, 0.3) is 0 Å². The van der Waals surface area contributed by atoms with Gasteiger partial charge in [0, 0.05) is 6.54 Å². The molecule has 3 N–H and O–H groups in total. The second-order valence-corrected chi connectivity index (χ2v) is 4.85. The summed E-state index contributed by atoms with van der Waals surface area (Å²) < 4.78 is 13.4. The number of carbonyl (C=O) groups excluding carboxylic acids is 1. The second kappa shape index (κ2) is 6.88.